The molecule has 112 valence electrons. The maximum Gasteiger partial charge on any atom is 0.0486 e. The van der Waals surface area contributed by atoms with Crippen LogP contribution in [0.25, 0.3) is 0 Å². The van der Waals surface area contributed by atoms with Gasteiger partial charge in [-0.05, 0) is 58.9 Å². The molecule has 20 heavy (non-hydrogen) atoms. The molecule has 1 aromatic rings. The van der Waals surface area contributed by atoms with Crippen molar-refractivity contribution in [1.29, 1.82) is 0 Å². The molecule has 2 heterocycles. The first-order valence-corrected chi connectivity index (χ1v) is 8.48. The minimum Gasteiger partial charge on any atom is -0.329 e. The van der Waals surface area contributed by atoms with E-state index in [-0.39, 0.29) is 0 Å². The van der Waals surface area contributed by atoms with Crippen LogP contribution in [0.15, 0.2) is 22.9 Å². The van der Waals surface area contributed by atoms with Gasteiger partial charge in [0.2, 0.25) is 0 Å². The second-order valence-corrected chi connectivity index (χ2v) is 6.85. The second-order valence-electron chi connectivity index (χ2n) is 5.93. The highest BCUT2D eigenvalue weighted by Crippen LogP contribution is 2.39. The van der Waals surface area contributed by atoms with Crippen LogP contribution in [0.4, 0.5) is 0 Å². The van der Waals surface area contributed by atoms with E-state index in [0.29, 0.717) is 18.0 Å². The number of rotatable bonds is 5. The van der Waals surface area contributed by atoms with Crippen molar-refractivity contribution in [3.05, 3.63) is 28.5 Å². The molecular formula is C16H26BrN3. The summed E-state index contributed by atoms with van der Waals surface area (Å²) >= 11 is 3.50. The van der Waals surface area contributed by atoms with Crippen LogP contribution in [0, 0.1) is 5.41 Å². The van der Waals surface area contributed by atoms with Crippen LogP contribution in [0.5, 0.6) is 0 Å². The van der Waals surface area contributed by atoms with E-state index in [1.54, 1.807) is 0 Å². The molecule has 1 aliphatic heterocycles. The van der Waals surface area contributed by atoms with Crippen molar-refractivity contribution in [3.63, 3.8) is 0 Å². The Morgan fingerprint density at radius 3 is 2.45 bits per heavy atom. The molecule has 1 fully saturated rings. The summed E-state index contributed by atoms with van der Waals surface area (Å²) in [6, 6.07) is 2.44. The van der Waals surface area contributed by atoms with Gasteiger partial charge in [-0.2, -0.15) is 0 Å². The Morgan fingerprint density at radius 2 is 1.95 bits per heavy atom. The normalized spacial score (nSPS) is 20.8. The van der Waals surface area contributed by atoms with Crippen LogP contribution < -0.4 is 5.73 Å². The monoisotopic (exact) mass is 339 g/mol. The van der Waals surface area contributed by atoms with Crippen molar-refractivity contribution < 1.29 is 0 Å². The first-order chi connectivity index (χ1) is 9.64. The summed E-state index contributed by atoms with van der Waals surface area (Å²) in [4.78, 5) is 6.81. The number of pyridine rings is 1. The molecule has 0 bridgehead atoms. The van der Waals surface area contributed by atoms with Crippen molar-refractivity contribution in [2.75, 3.05) is 19.6 Å². The topological polar surface area (TPSA) is 42.1 Å². The van der Waals surface area contributed by atoms with Crippen LogP contribution in [0.1, 0.15) is 51.1 Å². The second kappa shape index (κ2) is 7.01. The van der Waals surface area contributed by atoms with Gasteiger partial charge >= 0.3 is 0 Å². The van der Waals surface area contributed by atoms with Crippen LogP contribution in [-0.4, -0.2) is 29.5 Å². The Kier molecular flexibility index (Phi) is 5.58. The van der Waals surface area contributed by atoms with Crippen LogP contribution >= 0.6 is 15.9 Å². The molecule has 3 nitrogen and oxygen atoms in total. The van der Waals surface area contributed by atoms with E-state index in [0.717, 1.165) is 17.6 Å². The van der Waals surface area contributed by atoms with Crippen molar-refractivity contribution in [3.8, 4) is 0 Å². The van der Waals surface area contributed by atoms with Crippen molar-refractivity contribution in [2.24, 2.45) is 11.1 Å². The van der Waals surface area contributed by atoms with E-state index < -0.39 is 0 Å². The van der Waals surface area contributed by atoms with Gasteiger partial charge in [0, 0.05) is 29.5 Å². The first kappa shape index (κ1) is 15.9. The summed E-state index contributed by atoms with van der Waals surface area (Å²) in [6.07, 6.45) is 8.94. The molecule has 0 radical (unpaired) electrons. The van der Waals surface area contributed by atoms with E-state index in [2.05, 4.69) is 45.7 Å². The Hall–Kier alpha value is -0.450. The fraction of sp³-hybridized carbons (Fsp3) is 0.688. The summed E-state index contributed by atoms with van der Waals surface area (Å²) in [5, 5.41) is 0. The third-order valence-corrected chi connectivity index (χ3v) is 5.57. The lowest BCUT2D eigenvalue weighted by Gasteiger charge is -2.43. The third kappa shape index (κ3) is 3.41. The summed E-state index contributed by atoms with van der Waals surface area (Å²) in [5.41, 5.74) is 7.82. The van der Waals surface area contributed by atoms with Crippen molar-refractivity contribution in [1.82, 2.24) is 9.88 Å². The molecule has 0 spiro atoms. The van der Waals surface area contributed by atoms with E-state index in [9.17, 15) is 0 Å². The number of nitrogens with zero attached hydrogens (tertiary/aromatic N) is 2. The molecule has 0 aliphatic carbocycles. The average molecular weight is 340 g/mol. The van der Waals surface area contributed by atoms with Gasteiger partial charge in [0.25, 0.3) is 0 Å². The Morgan fingerprint density at radius 1 is 1.30 bits per heavy atom. The molecule has 1 atom stereocenters. The van der Waals surface area contributed by atoms with Crippen molar-refractivity contribution >= 4 is 15.9 Å². The van der Waals surface area contributed by atoms with Crippen LogP contribution in [-0.2, 0) is 0 Å². The Bertz CT molecular complexity index is 421. The SMILES string of the molecule is CCC1(CC)CCN(C(CN)c2cncc(Br)c2)CC1. The summed E-state index contributed by atoms with van der Waals surface area (Å²) in [5.74, 6) is 0. The number of piperidine rings is 1. The number of aromatic nitrogens is 1. The molecule has 1 aliphatic rings. The molecule has 0 aromatic carbocycles. The average Bonchev–Trinajstić information content (AvgIpc) is 2.49. The highest BCUT2D eigenvalue weighted by atomic mass is 79.9. The van der Waals surface area contributed by atoms with Crippen LogP contribution in [0.3, 0.4) is 0 Å². The maximum atomic E-state index is 6.03. The van der Waals surface area contributed by atoms with Gasteiger partial charge in [-0.3, -0.25) is 9.88 Å². The van der Waals surface area contributed by atoms with E-state index in [4.69, 9.17) is 5.73 Å². The van der Waals surface area contributed by atoms with Gasteiger partial charge in [-0.15, -0.1) is 0 Å². The highest BCUT2D eigenvalue weighted by Gasteiger charge is 2.33. The van der Waals surface area contributed by atoms with E-state index in [1.165, 1.54) is 31.2 Å². The molecule has 2 N–H and O–H groups in total. The zero-order valence-electron chi connectivity index (χ0n) is 12.6. The maximum absolute atomic E-state index is 6.03. The number of likely N-dealkylation sites (tertiary alicyclic amines) is 1. The minimum atomic E-state index is 0.298. The summed E-state index contributed by atoms with van der Waals surface area (Å²) in [6.45, 7) is 7.62. The summed E-state index contributed by atoms with van der Waals surface area (Å²) < 4.78 is 1.03. The lowest BCUT2D eigenvalue weighted by Crippen LogP contribution is -2.43. The molecule has 2 rings (SSSR count). The van der Waals surface area contributed by atoms with Gasteiger partial charge < -0.3 is 5.73 Å². The van der Waals surface area contributed by atoms with Crippen molar-refractivity contribution in [2.45, 2.75) is 45.6 Å². The van der Waals surface area contributed by atoms with Gasteiger partial charge in [0.1, 0.15) is 0 Å². The van der Waals surface area contributed by atoms with E-state index >= 15 is 0 Å². The van der Waals surface area contributed by atoms with Gasteiger partial charge in [0.05, 0.1) is 0 Å². The fourth-order valence-electron chi connectivity index (χ4n) is 3.37. The number of hydrogen-bond acceptors (Lipinski definition) is 3. The standard InChI is InChI=1S/C16H26BrN3/c1-3-16(4-2)5-7-20(8-6-16)15(10-18)13-9-14(17)12-19-11-13/h9,11-12,15H,3-8,10,18H2,1-2H3. The predicted octanol–water partition coefficient (Wildman–Crippen LogP) is 3.75. The molecule has 4 heteroatoms. The van der Waals surface area contributed by atoms with Crippen LogP contribution in [0.2, 0.25) is 0 Å². The molecule has 1 aromatic heterocycles. The third-order valence-electron chi connectivity index (χ3n) is 5.13. The Labute approximate surface area is 131 Å². The minimum absolute atomic E-state index is 0.298. The van der Waals surface area contributed by atoms with Gasteiger partial charge in [-0.1, -0.05) is 26.7 Å². The summed E-state index contributed by atoms with van der Waals surface area (Å²) in [7, 11) is 0. The molecule has 1 saturated heterocycles. The lowest BCUT2D eigenvalue weighted by molar-refractivity contribution is 0.0678. The largest absolute Gasteiger partial charge is 0.329 e. The highest BCUT2D eigenvalue weighted by molar-refractivity contribution is 9.10. The van der Waals surface area contributed by atoms with Gasteiger partial charge in [0.15, 0.2) is 0 Å². The number of halogens is 1. The lowest BCUT2D eigenvalue weighted by atomic mass is 9.74. The number of hydrogen-bond donors (Lipinski definition) is 1. The first-order valence-electron chi connectivity index (χ1n) is 7.68. The quantitative estimate of drug-likeness (QED) is 0.888. The molecular weight excluding hydrogens is 314 g/mol. The predicted molar refractivity (Wildman–Crippen MR) is 87.6 cm³/mol. The molecule has 0 saturated carbocycles. The van der Waals surface area contributed by atoms with E-state index in [1.807, 2.05) is 12.4 Å². The Balaban J connectivity index is 2.07. The zero-order valence-corrected chi connectivity index (χ0v) is 14.2. The molecule has 1 unspecified atom stereocenters. The number of nitrogens with two attached hydrogens (primary N) is 1. The zero-order chi connectivity index (χ0) is 14.6. The smallest absolute Gasteiger partial charge is 0.0486 e. The van der Waals surface area contributed by atoms with Gasteiger partial charge in [-0.25, -0.2) is 0 Å². The fourth-order valence-corrected chi connectivity index (χ4v) is 3.76. The molecule has 0 amide bonds.